The maximum atomic E-state index is 12.3. The fourth-order valence-electron chi connectivity index (χ4n) is 2.99. The first-order chi connectivity index (χ1) is 9.50. The zero-order valence-electron chi connectivity index (χ0n) is 12.0. The molecule has 2 saturated heterocycles. The lowest BCUT2D eigenvalue weighted by Gasteiger charge is -2.21. The Bertz CT molecular complexity index is 462. The summed E-state index contributed by atoms with van der Waals surface area (Å²) in [6.07, 6.45) is 2.79. The number of carbonyl (C=O) groups is 3. The van der Waals surface area contributed by atoms with Crippen LogP contribution >= 0.6 is 12.4 Å². The summed E-state index contributed by atoms with van der Waals surface area (Å²) in [5, 5.41) is 8.73. The van der Waals surface area contributed by atoms with Crippen LogP contribution in [0.5, 0.6) is 0 Å². The molecule has 8 heteroatoms. The zero-order valence-corrected chi connectivity index (χ0v) is 12.8. The summed E-state index contributed by atoms with van der Waals surface area (Å²) in [5.41, 5.74) is -0.813. The van der Waals surface area contributed by atoms with Gasteiger partial charge in [-0.2, -0.15) is 0 Å². The molecule has 21 heavy (non-hydrogen) atoms. The van der Waals surface area contributed by atoms with E-state index in [4.69, 9.17) is 0 Å². The topological polar surface area (TPSA) is 90.5 Å². The Kier molecular flexibility index (Phi) is 4.43. The molecule has 2 heterocycles. The SMILES string of the molecule is CC1(C2CC2)NC(=O)N(CC(=O)NC2CCNC2)C1=O.Cl. The number of imide groups is 1. The smallest absolute Gasteiger partial charge is 0.325 e. The Morgan fingerprint density at radius 1 is 1.38 bits per heavy atom. The van der Waals surface area contributed by atoms with Gasteiger partial charge in [0, 0.05) is 12.6 Å². The standard InChI is InChI=1S/C13H20N4O3.ClH/c1-13(8-2-3-8)11(19)17(12(20)16-13)7-10(18)15-9-4-5-14-6-9;/h8-9,14H,2-7H2,1H3,(H,15,18)(H,16,20);1H. The molecular weight excluding hydrogens is 296 g/mol. The van der Waals surface area contributed by atoms with Crippen molar-refractivity contribution in [2.45, 2.75) is 37.8 Å². The molecule has 118 valence electrons. The van der Waals surface area contributed by atoms with Crippen LogP contribution < -0.4 is 16.0 Å². The van der Waals surface area contributed by atoms with Crippen molar-refractivity contribution in [2.75, 3.05) is 19.6 Å². The van der Waals surface area contributed by atoms with Crippen LogP contribution in [-0.4, -0.2) is 54.0 Å². The fourth-order valence-corrected chi connectivity index (χ4v) is 2.99. The minimum atomic E-state index is -0.813. The Balaban J connectivity index is 0.00000161. The number of rotatable bonds is 4. The Morgan fingerprint density at radius 3 is 2.67 bits per heavy atom. The fraction of sp³-hybridized carbons (Fsp3) is 0.769. The van der Waals surface area contributed by atoms with E-state index in [2.05, 4.69) is 16.0 Å². The highest BCUT2D eigenvalue weighted by Crippen LogP contribution is 2.42. The van der Waals surface area contributed by atoms with Gasteiger partial charge in [0.15, 0.2) is 0 Å². The summed E-state index contributed by atoms with van der Waals surface area (Å²) >= 11 is 0. The van der Waals surface area contributed by atoms with Crippen LogP contribution in [0.15, 0.2) is 0 Å². The maximum Gasteiger partial charge on any atom is 0.325 e. The van der Waals surface area contributed by atoms with Gasteiger partial charge in [0.2, 0.25) is 5.91 Å². The van der Waals surface area contributed by atoms with Crippen molar-refractivity contribution in [1.82, 2.24) is 20.9 Å². The van der Waals surface area contributed by atoms with Gasteiger partial charge in [-0.05, 0) is 38.6 Å². The molecule has 1 saturated carbocycles. The summed E-state index contributed by atoms with van der Waals surface area (Å²) in [4.78, 5) is 37.2. The van der Waals surface area contributed by atoms with Crippen LogP contribution in [0.3, 0.4) is 0 Å². The van der Waals surface area contributed by atoms with Crippen molar-refractivity contribution in [2.24, 2.45) is 5.92 Å². The van der Waals surface area contributed by atoms with E-state index in [1.54, 1.807) is 6.92 Å². The number of carbonyl (C=O) groups excluding carboxylic acids is 3. The van der Waals surface area contributed by atoms with Crippen molar-refractivity contribution >= 4 is 30.3 Å². The molecule has 3 fully saturated rings. The van der Waals surface area contributed by atoms with Crippen LogP contribution in [0.25, 0.3) is 0 Å². The van der Waals surface area contributed by atoms with E-state index >= 15 is 0 Å². The number of nitrogens with one attached hydrogen (secondary N) is 3. The number of urea groups is 1. The lowest BCUT2D eigenvalue weighted by Crippen LogP contribution is -2.47. The molecule has 0 aromatic heterocycles. The molecule has 3 rings (SSSR count). The Hall–Kier alpha value is -1.34. The predicted octanol–water partition coefficient (Wildman–Crippen LogP) is -0.393. The molecule has 3 N–H and O–H groups in total. The second-order valence-electron chi connectivity index (χ2n) is 6.06. The third-order valence-corrected chi connectivity index (χ3v) is 4.42. The van der Waals surface area contributed by atoms with Crippen molar-refractivity contribution in [3.8, 4) is 0 Å². The van der Waals surface area contributed by atoms with E-state index in [9.17, 15) is 14.4 Å². The summed E-state index contributed by atoms with van der Waals surface area (Å²) in [7, 11) is 0. The molecule has 0 radical (unpaired) electrons. The lowest BCUT2D eigenvalue weighted by molar-refractivity contribution is -0.135. The van der Waals surface area contributed by atoms with E-state index in [1.165, 1.54) is 0 Å². The molecule has 4 amide bonds. The average Bonchev–Trinajstić information content (AvgIpc) is 3.10. The summed E-state index contributed by atoms with van der Waals surface area (Å²) in [6.45, 7) is 3.19. The molecule has 0 spiro atoms. The van der Waals surface area contributed by atoms with E-state index in [0.29, 0.717) is 0 Å². The number of hydrogen-bond acceptors (Lipinski definition) is 4. The molecule has 0 bridgehead atoms. The first kappa shape index (κ1) is 16.0. The molecule has 3 aliphatic rings. The third kappa shape index (κ3) is 2.98. The molecule has 1 aliphatic carbocycles. The zero-order chi connectivity index (χ0) is 14.3. The monoisotopic (exact) mass is 316 g/mol. The van der Waals surface area contributed by atoms with Gasteiger partial charge in [-0.1, -0.05) is 0 Å². The van der Waals surface area contributed by atoms with E-state index in [0.717, 1.165) is 37.3 Å². The molecule has 2 atom stereocenters. The van der Waals surface area contributed by atoms with Crippen LogP contribution in [-0.2, 0) is 9.59 Å². The highest BCUT2D eigenvalue weighted by molar-refractivity contribution is 6.09. The Labute approximate surface area is 129 Å². The quantitative estimate of drug-likeness (QED) is 0.616. The Morgan fingerprint density at radius 2 is 2.10 bits per heavy atom. The minimum absolute atomic E-state index is 0. The molecular formula is C13H21ClN4O3. The average molecular weight is 317 g/mol. The van der Waals surface area contributed by atoms with Crippen LogP contribution in [0.1, 0.15) is 26.2 Å². The second-order valence-corrected chi connectivity index (χ2v) is 6.06. The predicted molar refractivity (Wildman–Crippen MR) is 78.0 cm³/mol. The third-order valence-electron chi connectivity index (χ3n) is 4.42. The minimum Gasteiger partial charge on any atom is -0.350 e. The van der Waals surface area contributed by atoms with Crippen LogP contribution in [0.2, 0.25) is 0 Å². The first-order valence-corrected chi connectivity index (χ1v) is 7.15. The lowest BCUT2D eigenvalue weighted by atomic mass is 9.96. The highest BCUT2D eigenvalue weighted by atomic mass is 35.5. The van der Waals surface area contributed by atoms with Gasteiger partial charge in [0.1, 0.15) is 12.1 Å². The van der Waals surface area contributed by atoms with Gasteiger partial charge in [-0.25, -0.2) is 4.79 Å². The molecule has 0 aromatic carbocycles. The van der Waals surface area contributed by atoms with Crippen LogP contribution in [0, 0.1) is 5.92 Å². The first-order valence-electron chi connectivity index (χ1n) is 7.15. The number of amides is 4. The summed E-state index contributed by atoms with van der Waals surface area (Å²) in [6, 6.07) is -0.359. The highest BCUT2D eigenvalue weighted by Gasteiger charge is 2.56. The second kappa shape index (κ2) is 5.81. The van der Waals surface area contributed by atoms with E-state index in [-0.39, 0.29) is 42.7 Å². The number of nitrogens with zero attached hydrogens (tertiary/aromatic N) is 1. The van der Waals surface area contributed by atoms with Crippen molar-refractivity contribution in [1.29, 1.82) is 0 Å². The van der Waals surface area contributed by atoms with Crippen molar-refractivity contribution in [3.63, 3.8) is 0 Å². The van der Waals surface area contributed by atoms with E-state index in [1.807, 2.05) is 0 Å². The van der Waals surface area contributed by atoms with Crippen molar-refractivity contribution in [3.05, 3.63) is 0 Å². The molecule has 7 nitrogen and oxygen atoms in total. The van der Waals surface area contributed by atoms with Gasteiger partial charge in [-0.3, -0.25) is 14.5 Å². The normalized spacial score (nSPS) is 31.9. The van der Waals surface area contributed by atoms with E-state index < -0.39 is 11.6 Å². The van der Waals surface area contributed by atoms with Gasteiger partial charge in [0.25, 0.3) is 5.91 Å². The molecule has 0 aromatic rings. The van der Waals surface area contributed by atoms with Gasteiger partial charge in [-0.15, -0.1) is 12.4 Å². The molecule has 2 aliphatic heterocycles. The van der Waals surface area contributed by atoms with Gasteiger partial charge in [0.05, 0.1) is 0 Å². The summed E-state index contributed by atoms with van der Waals surface area (Å²) in [5.74, 6) is -0.335. The number of hydrogen-bond donors (Lipinski definition) is 3. The van der Waals surface area contributed by atoms with Gasteiger partial charge < -0.3 is 16.0 Å². The maximum absolute atomic E-state index is 12.3. The largest absolute Gasteiger partial charge is 0.350 e. The van der Waals surface area contributed by atoms with Crippen molar-refractivity contribution < 1.29 is 14.4 Å². The van der Waals surface area contributed by atoms with Crippen LogP contribution in [0.4, 0.5) is 4.79 Å². The number of halogens is 1. The molecule has 2 unspecified atom stereocenters. The van der Waals surface area contributed by atoms with Gasteiger partial charge >= 0.3 is 6.03 Å². The summed E-state index contributed by atoms with van der Waals surface area (Å²) < 4.78 is 0.